The Bertz CT molecular complexity index is 848. The fourth-order valence-corrected chi connectivity index (χ4v) is 3.36. The summed E-state index contributed by atoms with van der Waals surface area (Å²) in [6.45, 7) is 1.95. The third kappa shape index (κ3) is 2.71. The zero-order chi connectivity index (χ0) is 19.1. The number of carboxylic acid groups (broad SMARTS) is 1. The second-order valence-corrected chi connectivity index (χ2v) is 6.07. The second-order valence-electron chi connectivity index (χ2n) is 6.07. The van der Waals surface area contributed by atoms with Crippen molar-refractivity contribution in [3.05, 3.63) is 64.7 Å². The Morgan fingerprint density at radius 3 is 2.27 bits per heavy atom. The van der Waals surface area contributed by atoms with Crippen molar-refractivity contribution < 1.29 is 32.2 Å². The molecule has 0 heterocycles. The zero-order valence-electron chi connectivity index (χ0n) is 13.8. The Hall–Kier alpha value is -2.57. The van der Waals surface area contributed by atoms with Crippen molar-refractivity contribution in [1.29, 1.82) is 0 Å². The van der Waals surface area contributed by atoms with Crippen LogP contribution < -0.4 is 4.74 Å². The van der Waals surface area contributed by atoms with Crippen LogP contribution in [0.25, 0.3) is 0 Å². The predicted octanol–water partition coefficient (Wildman–Crippen LogP) is 4.89. The van der Waals surface area contributed by atoms with Gasteiger partial charge in [-0.1, -0.05) is 24.3 Å². The first-order valence-electron chi connectivity index (χ1n) is 8.04. The van der Waals surface area contributed by atoms with E-state index in [-0.39, 0.29) is 23.5 Å². The molecule has 26 heavy (non-hydrogen) atoms. The molecule has 2 aromatic carbocycles. The number of hydrogen-bond donors (Lipinski definition) is 1. The van der Waals surface area contributed by atoms with Crippen LogP contribution in [-0.2, 0) is 16.6 Å². The SMILES string of the molecule is CCOc1ccc2c(c1)C(CC(=O)O)c1ccccc1C(F)(F)C2(F)F. The summed E-state index contributed by atoms with van der Waals surface area (Å²) in [6, 6.07) is 8.19. The molecule has 0 aliphatic heterocycles. The lowest BCUT2D eigenvalue weighted by atomic mass is 9.85. The van der Waals surface area contributed by atoms with E-state index < -0.39 is 41.3 Å². The fraction of sp³-hybridized carbons (Fsp3) is 0.316. The Morgan fingerprint density at radius 1 is 1.04 bits per heavy atom. The molecular formula is C19H16F4O3. The van der Waals surface area contributed by atoms with Crippen LogP contribution in [0.1, 0.15) is 41.5 Å². The summed E-state index contributed by atoms with van der Waals surface area (Å²) in [7, 11) is 0. The van der Waals surface area contributed by atoms with Crippen LogP contribution in [0.3, 0.4) is 0 Å². The minimum Gasteiger partial charge on any atom is -0.494 e. The smallest absolute Gasteiger partial charge is 0.340 e. The molecule has 0 radical (unpaired) electrons. The van der Waals surface area contributed by atoms with Gasteiger partial charge in [-0.25, -0.2) is 0 Å². The lowest BCUT2D eigenvalue weighted by Crippen LogP contribution is -2.35. The number of alkyl halides is 4. The van der Waals surface area contributed by atoms with Crippen LogP contribution in [-0.4, -0.2) is 17.7 Å². The van der Waals surface area contributed by atoms with Crippen LogP contribution in [0, 0.1) is 0 Å². The standard InChI is InChI=1S/C19H16F4O3/c1-2-26-11-7-8-16-14(9-11)13(10-17(24)25)12-5-3-4-6-15(12)18(20,21)19(16,22)23/h3-9,13H,2,10H2,1H3,(H,24,25). The molecule has 0 fully saturated rings. The lowest BCUT2D eigenvalue weighted by Gasteiger charge is -2.27. The van der Waals surface area contributed by atoms with Gasteiger partial charge >= 0.3 is 17.8 Å². The van der Waals surface area contributed by atoms with Gasteiger partial charge in [0.1, 0.15) is 5.75 Å². The van der Waals surface area contributed by atoms with E-state index in [0.717, 1.165) is 12.1 Å². The number of halogens is 4. The number of ether oxygens (including phenoxy) is 1. The van der Waals surface area contributed by atoms with Crippen LogP contribution in [0.4, 0.5) is 17.6 Å². The van der Waals surface area contributed by atoms with Crippen LogP contribution in [0.5, 0.6) is 5.75 Å². The van der Waals surface area contributed by atoms with Crippen LogP contribution >= 0.6 is 0 Å². The molecule has 1 atom stereocenters. The second kappa shape index (κ2) is 6.30. The molecule has 0 saturated heterocycles. The minimum absolute atomic E-state index is 0.119. The lowest BCUT2D eigenvalue weighted by molar-refractivity contribution is -0.223. The number of hydrogen-bond acceptors (Lipinski definition) is 2. The summed E-state index contributed by atoms with van der Waals surface area (Å²) in [5.74, 6) is -11.2. The Kier molecular flexibility index (Phi) is 4.42. The van der Waals surface area contributed by atoms with E-state index in [1.54, 1.807) is 6.92 Å². The Labute approximate surface area is 147 Å². The molecule has 0 amide bonds. The van der Waals surface area contributed by atoms with Crippen molar-refractivity contribution >= 4 is 5.97 Å². The summed E-state index contributed by atoms with van der Waals surface area (Å²) >= 11 is 0. The van der Waals surface area contributed by atoms with E-state index in [1.165, 1.54) is 30.3 Å². The maximum absolute atomic E-state index is 14.8. The third-order valence-corrected chi connectivity index (χ3v) is 4.50. The average Bonchev–Trinajstić information content (AvgIpc) is 2.63. The first-order chi connectivity index (χ1) is 12.2. The molecule has 7 heteroatoms. The van der Waals surface area contributed by atoms with Crippen molar-refractivity contribution in [2.75, 3.05) is 6.61 Å². The van der Waals surface area contributed by atoms with E-state index in [4.69, 9.17) is 4.74 Å². The van der Waals surface area contributed by atoms with Crippen LogP contribution in [0.15, 0.2) is 42.5 Å². The van der Waals surface area contributed by atoms with Gasteiger partial charge in [-0.15, -0.1) is 0 Å². The van der Waals surface area contributed by atoms with Gasteiger partial charge in [0.05, 0.1) is 13.0 Å². The number of carbonyl (C=O) groups is 1. The van der Waals surface area contributed by atoms with Crippen molar-refractivity contribution in [3.8, 4) is 5.75 Å². The Morgan fingerprint density at radius 2 is 1.65 bits per heavy atom. The molecule has 2 aromatic rings. The van der Waals surface area contributed by atoms with E-state index in [2.05, 4.69) is 0 Å². The van der Waals surface area contributed by atoms with Gasteiger partial charge in [-0.3, -0.25) is 4.79 Å². The summed E-state index contributed by atoms with van der Waals surface area (Å²) < 4.78 is 64.4. The Balaban J connectivity index is 2.35. The molecule has 0 spiro atoms. The first kappa shape index (κ1) is 18.2. The van der Waals surface area contributed by atoms with Crippen molar-refractivity contribution in [2.45, 2.75) is 31.1 Å². The molecule has 0 bridgehead atoms. The highest BCUT2D eigenvalue weighted by Crippen LogP contribution is 2.56. The molecule has 3 rings (SSSR count). The molecule has 1 N–H and O–H groups in total. The fourth-order valence-electron chi connectivity index (χ4n) is 3.36. The van der Waals surface area contributed by atoms with Gasteiger partial charge in [0.2, 0.25) is 0 Å². The first-order valence-corrected chi connectivity index (χ1v) is 8.04. The number of aliphatic carboxylic acids is 1. The molecule has 1 aliphatic carbocycles. The van der Waals surface area contributed by atoms with Gasteiger partial charge < -0.3 is 9.84 Å². The van der Waals surface area contributed by atoms with E-state index >= 15 is 0 Å². The van der Waals surface area contributed by atoms with Gasteiger partial charge in [0, 0.05) is 17.0 Å². The summed E-state index contributed by atoms with van der Waals surface area (Å²) in [4.78, 5) is 11.3. The van der Waals surface area contributed by atoms with Crippen molar-refractivity contribution in [2.24, 2.45) is 0 Å². The molecule has 1 aliphatic rings. The monoisotopic (exact) mass is 368 g/mol. The topological polar surface area (TPSA) is 46.5 Å². The average molecular weight is 368 g/mol. The van der Waals surface area contributed by atoms with Gasteiger partial charge in [0.25, 0.3) is 0 Å². The highest BCUT2D eigenvalue weighted by atomic mass is 19.3. The zero-order valence-corrected chi connectivity index (χ0v) is 13.8. The van der Waals surface area contributed by atoms with Crippen molar-refractivity contribution in [3.63, 3.8) is 0 Å². The maximum atomic E-state index is 14.8. The van der Waals surface area contributed by atoms with Crippen molar-refractivity contribution in [1.82, 2.24) is 0 Å². The summed E-state index contributed by atoms with van der Waals surface area (Å²) in [6.07, 6.45) is -0.592. The summed E-state index contributed by atoms with van der Waals surface area (Å²) in [5.41, 5.74) is -2.02. The summed E-state index contributed by atoms with van der Waals surface area (Å²) in [5, 5.41) is 9.24. The van der Waals surface area contributed by atoms with E-state index in [0.29, 0.717) is 0 Å². The predicted molar refractivity (Wildman–Crippen MR) is 85.9 cm³/mol. The molecular weight excluding hydrogens is 352 g/mol. The van der Waals surface area contributed by atoms with Gasteiger partial charge in [-0.2, -0.15) is 17.6 Å². The third-order valence-electron chi connectivity index (χ3n) is 4.50. The van der Waals surface area contributed by atoms with E-state index in [1.807, 2.05) is 0 Å². The number of benzene rings is 2. The van der Waals surface area contributed by atoms with E-state index in [9.17, 15) is 27.5 Å². The molecule has 138 valence electrons. The quantitative estimate of drug-likeness (QED) is 0.782. The highest BCUT2D eigenvalue weighted by molar-refractivity contribution is 5.70. The minimum atomic E-state index is -4.49. The molecule has 3 nitrogen and oxygen atoms in total. The number of fused-ring (bicyclic) bond motifs is 2. The highest BCUT2D eigenvalue weighted by Gasteiger charge is 2.62. The largest absolute Gasteiger partial charge is 0.494 e. The van der Waals surface area contributed by atoms with Crippen LogP contribution in [0.2, 0.25) is 0 Å². The normalized spacial score (nSPS) is 19.8. The molecule has 1 unspecified atom stereocenters. The maximum Gasteiger partial charge on any atom is 0.340 e. The molecule has 0 aromatic heterocycles. The number of carboxylic acids is 1. The number of rotatable bonds is 4. The van der Waals surface area contributed by atoms with Gasteiger partial charge in [0.15, 0.2) is 0 Å². The van der Waals surface area contributed by atoms with Gasteiger partial charge in [-0.05, 0) is 36.2 Å². The molecule has 0 saturated carbocycles.